The predicted molar refractivity (Wildman–Crippen MR) is 108 cm³/mol. The van der Waals surface area contributed by atoms with E-state index in [4.69, 9.17) is 5.73 Å². The molecule has 1 aromatic heterocycles. The van der Waals surface area contributed by atoms with Gasteiger partial charge in [0.05, 0.1) is 17.3 Å². The van der Waals surface area contributed by atoms with Crippen LogP contribution in [0.4, 0.5) is 11.6 Å². The molecule has 1 aliphatic heterocycles. The minimum absolute atomic E-state index is 0.0824. The Labute approximate surface area is 162 Å². The average molecular weight is 375 g/mol. The molecule has 0 fully saturated rings. The van der Waals surface area contributed by atoms with Gasteiger partial charge in [0.2, 0.25) is 17.8 Å². The number of aromatic nitrogens is 2. The van der Waals surface area contributed by atoms with E-state index in [0.29, 0.717) is 12.1 Å². The molecule has 4 rings (SSSR count). The maximum absolute atomic E-state index is 12.5. The summed E-state index contributed by atoms with van der Waals surface area (Å²) in [7, 11) is 0. The quantitative estimate of drug-likeness (QED) is 0.652. The minimum atomic E-state index is -0.489. The molecular weight excluding hydrogens is 354 g/mol. The van der Waals surface area contributed by atoms with Crippen LogP contribution in [-0.4, -0.2) is 21.5 Å². The van der Waals surface area contributed by atoms with Crippen molar-refractivity contribution in [2.45, 2.75) is 19.8 Å². The minimum Gasteiger partial charge on any atom is -0.368 e. The van der Waals surface area contributed by atoms with Gasteiger partial charge in [-0.3, -0.25) is 15.0 Å². The Balaban J connectivity index is 1.53. The van der Waals surface area contributed by atoms with E-state index in [1.165, 1.54) is 4.68 Å². The monoisotopic (exact) mass is 375 g/mol. The zero-order chi connectivity index (χ0) is 19.7. The fourth-order valence-corrected chi connectivity index (χ4v) is 3.38. The van der Waals surface area contributed by atoms with Gasteiger partial charge in [0.25, 0.3) is 0 Å². The third kappa shape index (κ3) is 3.46. The van der Waals surface area contributed by atoms with Crippen LogP contribution in [0.25, 0.3) is 11.3 Å². The van der Waals surface area contributed by atoms with Gasteiger partial charge in [-0.2, -0.15) is 0 Å². The second-order valence-corrected chi connectivity index (χ2v) is 6.96. The molecule has 142 valence electrons. The molecular formula is C21H21N5O2. The van der Waals surface area contributed by atoms with E-state index in [1.54, 1.807) is 0 Å². The number of hydrogen-bond acceptors (Lipinski definition) is 4. The van der Waals surface area contributed by atoms with Crippen LogP contribution in [-0.2, 0) is 16.0 Å². The van der Waals surface area contributed by atoms with E-state index in [9.17, 15) is 9.59 Å². The van der Waals surface area contributed by atoms with Crippen molar-refractivity contribution in [3.8, 4) is 11.3 Å². The normalized spacial score (nSPS) is 15.6. The number of hydrogen-bond donors (Lipinski definition) is 3. The molecule has 4 N–H and O–H groups in total. The number of nitrogens with two attached hydrogens (primary N) is 1. The lowest BCUT2D eigenvalue weighted by Crippen LogP contribution is -2.39. The lowest BCUT2D eigenvalue weighted by atomic mass is 9.94. The maximum atomic E-state index is 12.5. The standard InChI is InChI=1S/C21H21N5O2/c1-13-7-9-16(10-8-13)23-18(27)12-15-11-17-19(14-5-3-2-4-6-14)24-21(22)26(17)25-20(15)28/h2-10,15H,11-12H2,1H3,(H2,22,24)(H,23,27)(H,25,28). The highest BCUT2D eigenvalue weighted by atomic mass is 16.2. The second kappa shape index (κ2) is 7.19. The first-order valence-corrected chi connectivity index (χ1v) is 9.11. The van der Waals surface area contributed by atoms with Crippen molar-refractivity contribution in [3.63, 3.8) is 0 Å². The number of aryl methyl sites for hydroxylation is 1. The third-order valence-electron chi connectivity index (χ3n) is 4.85. The number of nitrogens with zero attached hydrogens (tertiary/aromatic N) is 2. The number of amides is 2. The predicted octanol–water partition coefficient (Wildman–Crippen LogP) is 2.71. The zero-order valence-corrected chi connectivity index (χ0v) is 15.5. The summed E-state index contributed by atoms with van der Waals surface area (Å²) in [6.45, 7) is 1.98. The molecule has 0 saturated carbocycles. The largest absolute Gasteiger partial charge is 0.368 e. The molecule has 2 amide bonds. The molecule has 1 aliphatic rings. The van der Waals surface area contributed by atoms with Gasteiger partial charge in [-0.1, -0.05) is 48.0 Å². The van der Waals surface area contributed by atoms with Crippen molar-refractivity contribution in [1.82, 2.24) is 9.66 Å². The Morgan fingerprint density at radius 3 is 2.64 bits per heavy atom. The maximum Gasteiger partial charge on any atom is 0.242 e. The summed E-state index contributed by atoms with van der Waals surface area (Å²) >= 11 is 0. The van der Waals surface area contributed by atoms with Crippen LogP contribution in [0, 0.1) is 12.8 Å². The molecule has 7 heteroatoms. The number of imidazole rings is 1. The van der Waals surface area contributed by atoms with Gasteiger partial charge in [-0.15, -0.1) is 0 Å². The van der Waals surface area contributed by atoms with E-state index in [1.807, 2.05) is 61.5 Å². The van der Waals surface area contributed by atoms with Crippen molar-refractivity contribution in [2.24, 2.45) is 5.92 Å². The summed E-state index contributed by atoms with van der Waals surface area (Å²) < 4.78 is 1.51. The Morgan fingerprint density at radius 1 is 1.21 bits per heavy atom. The first-order chi connectivity index (χ1) is 13.5. The van der Waals surface area contributed by atoms with E-state index in [-0.39, 0.29) is 24.2 Å². The van der Waals surface area contributed by atoms with Crippen molar-refractivity contribution < 1.29 is 9.59 Å². The number of anilines is 2. The van der Waals surface area contributed by atoms with Gasteiger partial charge in [0.1, 0.15) is 0 Å². The van der Waals surface area contributed by atoms with Gasteiger partial charge in [0, 0.05) is 24.1 Å². The average Bonchev–Trinajstić information content (AvgIpc) is 3.00. The lowest BCUT2D eigenvalue weighted by molar-refractivity contribution is -0.126. The van der Waals surface area contributed by atoms with Gasteiger partial charge in [-0.25, -0.2) is 9.66 Å². The number of carbonyl (C=O) groups is 2. The van der Waals surface area contributed by atoms with Crippen LogP contribution in [0.3, 0.4) is 0 Å². The highest BCUT2D eigenvalue weighted by Gasteiger charge is 2.32. The Morgan fingerprint density at radius 2 is 1.93 bits per heavy atom. The summed E-state index contributed by atoms with van der Waals surface area (Å²) in [6, 6.07) is 17.2. The molecule has 0 saturated heterocycles. The topological polar surface area (TPSA) is 102 Å². The summed E-state index contributed by atoms with van der Waals surface area (Å²) in [5.41, 5.74) is 13.0. The van der Waals surface area contributed by atoms with Crippen molar-refractivity contribution in [2.75, 3.05) is 16.5 Å². The first kappa shape index (κ1) is 17.8. The van der Waals surface area contributed by atoms with Crippen molar-refractivity contribution in [3.05, 3.63) is 65.9 Å². The Bertz CT molecular complexity index is 1020. The molecule has 0 bridgehead atoms. The summed E-state index contributed by atoms with van der Waals surface area (Å²) in [5, 5.41) is 2.85. The van der Waals surface area contributed by atoms with Gasteiger partial charge >= 0.3 is 0 Å². The van der Waals surface area contributed by atoms with Gasteiger partial charge < -0.3 is 11.1 Å². The van der Waals surface area contributed by atoms with Crippen LogP contribution < -0.4 is 16.5 Å². The first-order valence-electron chi connectivity index (χ1n) is 9.11. The second-order valence-electron chi connectivity index (χ2n) is 6.96. The van der Waals surface area contributed by atoms with Crippen LogP contribution in [0.15, 0.2) is 54.6 Å². The van der Waals surface area contributed by atoms with Crippen LogP contribution in [0.1, 0.15) is 17.7 Å². The fourth-order valence-electron chi connectivity index (χ4n) is 3.38. The Kier molecular flexibility index (Phi) is 4.57. The molecule has 28 heavy (non-hydrogen) atoms. The number of benzene rings is 2. The van der Waals surface area contributed by atoms with E-state index in [0.717, 1.165) is 22.5 Å². The number of fused-ring (bicyclic) bond motifs is 1. The van der Waals surface area contributed by atoms with Crippen molar-refractivity contribution >= 4 is 23.5 Å². The molecule has 2 heterocycles. The van der Waals surface area contributed by atoms with E-state index < -0.39 is 5.92 Å². The van der Waals surface area contributed by atoms with Crippen molar-refractivity contribution in [1.29, 1.82) is 0 Å². The SMILES string of the molecule is Cc1ccc(NC(=O)CC2Cc3c(-c4ccccc4)nc(N)n3NC2=O)cc1. The number of rotatable bonds is 4. The Hall–Kier alpha value is -3.61. The van der Waals surface area contributed by atoms with Crippen LogP contribution >= 0.6 is 0 Å². The summed E-state index contributed by atoms with van der Waals surface area (Å²) in [4.78, 5) is 29.3. The molecule has 0 spiro atoms. The van der Waals surface area contributed by atoms with E-state index >= 15 is 0 Å². The van der Waals surface area contributed by atoms with E-state index in [2.05, 4.69) is 15.7 Å². The van der Waals surface area contributed by atoms with Gasteiger partial charge in [-0.05, 0) is 19.1 Å². The molecule has 0 aliphatic carbocycles. The number of carbonyl (C=O) groups excluding carboxylic acids is 2. The highest BCUT2D eigenvalue weighted by Crippen LogP contribution is 2.30. The zero-order valence-electron chi connectivity index (χ0n) is 15.5. The third-order valence-corrected chi connectivity index (χ3v) is 4.85. The van der Waals surface area contributed by atoms with Gasteiger partial charge in [0.15, 0.2) is 0 Å². The van der Waals surface area contributed by atoms with Crippen LogP contribution in [0.5, 0.6) is 0 Å². The smallest absolute Gasteiger partial charge is 0.242 e. The summed E-state index contributed by atoms with van der Waals surface area (Å²) in [5.74, 6) is -0.706. The molecule has 0 radical (unpaired) electrons. The molecule has 2 aromatic carbocycles. The number of nitrogen functional groups attached to an aromatic ring is 1. The number of nitrogens with one attached hydrogen (secondary N) is 2. The fraction of sp³-hybridized carbons (Fsp3) is 0.190. The summed E-state index contributed by atoms with van der Waals surface area (Å²) in [6.07, 6.45) is 0.473. The molecule has 1 atom stereocenters. The molecule has 7 nitrogen and oxygen atoms in total. The lowest BCUT2D eigenvalue weighted by Gasteiger charge is -2.24. The van der Waals surface area contributed by atoms with Crippen LogP contribution in [0.2, 0.25) is 0 Å². The highest BCUT2D eigenvalue weighted by molar-refractivity contribution is 5.96. The molecule has 1 unspecified atom stereocenters. The molecule has 3 aromatic rings.